The van der Waals surface area contributed by atoms with E-state index in [1.54, 1.807) is 6.20 Å². The maximum Gasteiger partial charge on any atom is 0.278 e. The number of carbonyl (C=O) groups is 2. The summed E-state index contributed by atoms with van der Waals surface area (Å²) in [7, 11) is 0. The Kier molecular flexibility index (Phi) is 5.42. The molecule has 0 bridgehead atoms. The SMILES string of the molecule is Cc1cc(C)cc(NC2=C(c3ccc(C)c(C)c3)C(=O)N(Cc3ccccn3)C2=O)c1. The Morgan fingerprint density at radius 2 is 1.58 bits per heavy atom. The Morgan fingerprint density at radius 1 is 0.839 bits per heavy atom. The standard InChI is InChI=1S/C26H25N3O2/c1-16-11-17(2)13-22(12-16)28-24-23(20-9-8-18(3)19(4)14-20)25(30)29(26(24)31)15-21-7-5-6-10-27-21/h5-14,28H,15H2,1-4H3. The molecule has 0 saturated heterocycles. The third kappa shape index (κ3) is 4.12. The molecule has 156 valence electrons. The van der Waals surface area contributed by atoms with E-state index >= 15 is 0 Å². The Balaban J connectivity index is 1.79. The van der Waals surface area contributed by atoms with Crippen molar-refractivity contribution >= 4 is 23.1 Å². The quantitative estimate of drug-likeness (QED) is 0.618. The summed E-state index contributed by atoms with van der Waals surface area (Å²) in [5.74, 6) is -0.658. The summed E-state index contributed by atoms with van der Waals surface area (Å²) >= 11 is 0. The number of rotatable bonds is 5. The van der Waals surface area contributed by atoms with Crippen molar-refractivity contribution in [2.24, 2.45) is 0 Å². The number of carbonyl (C=O) groups excluding carboxylic acids is 2. The van der Waals surface area contributed by atoms with E-state index in [0.717, 1.165) is 33.5 Å². The molecule has 0 unspecified atom stereocenters. The highest BCUT2D eigenvalue weighted by Gasteiger charge is 2.39. The number of imide groups is 1. The minimum atomic E-state index is -0.344. The van der Waals surface area contributed by atoms with Gasteiger partial charge in [-0.15, -0.1) is 0 Å². The van der Waals surface area contributed by atoms with Crippen LogP contribution in [0.15, 0.2) is 66.5 Å². The number of aromatic nitrogens is 1. The lowest BCUT2D eigenvalue weighted by molar-refractivity contribution is -0.137. The van der Waals surface area contributed by atoms with Gasteiger partial charge in [0.15, 0.2) is 0 Å². The lowest BCUT2D eigenvalue weighted by Gasteiger charge is -2.15. The molecule has 4 rings (SSSR count). The van der Waals surface area contributed by atoms with Crippen molar-refractivity contribution in [2.75, 3.05) is 5.32 Å². The van der Waals surface area contributed by atoms with Gasteiger partial charge < -0.3 is 5.32 Å². The van der Waals surface area contributed by atoms with Crippen molar-refractivity contribution in [3.63, 3.8) is 0 Å². The summed E-state index contributed by atoms with van der Waals surface area (Å²) in [6.45, 7) is 8.17. The molecule has 0 fully saturated rings. The van der Waals surface area contributed by atoms with E-state index in [1.165, 1.54) is 4.90 Å². The van der Waals surface area contributed by atoms with Gasteiger partial charge in [-0.1, -0.05) is 30.3 Å². The molecule has 0 radical (unpaired) electrons. The van der Waals surface area contributed by atoms with Crippen molar-refractivity contribution < 1.29 is 9.59 Å². The van der Waals surface area contributed by atoms with Crippen LogP contribution in [-0.2, 0) is 16.1 Å². The van der Waals surface area contributed by atoms with Crippen LogP contribution in [0.25, 0.3) is 5.57 Å². The lowest BCUT2D eigenvalue weighted by atomic mass is 9.99. The van der Waals surface area contributed by atoms with Crippen LogP contribution in [0.3, 0.4) is 0 Å². The number of nitrogens with zero attached hydrogens (tertiary/aromatic N) is 2. The molecular weight excluding hydrogens is 386 g/mol. The topological polar surface area (TPSA) is 62.3 Å². The minimum Gasteiger partial charge on any atom is -0.350 e. The molecule has 31 heavy (non-hydrogen) atoms. The smallest absolute Gasteiger partial charge is 0.278 e. The summed E-state index contributed by atoms with van der Waals surface area (Å²) in [6.07, 6.45) is 1.66. The van der Waals surface area contributed by atoms with Gasteiger partial charge in [0, 0.05) is 11.9 Å². The van der Waals surface area contributed by atoms with Gasteiger partial charge in [0.05, 0.1) is 17.8 Å². The average molecular weight is 412 g/mol. The van der Waals surface area contributed by atoms with Crippen LogP contribution in [0.1, 0.15) is 33.5 Å². The number of hydrogen-bond donors (Lipinski definition) is 1. The highest BCUT2D eigenvalue weighted by Crippen LogP contribution is 2.32. The summed E-state index contributed by atoms with van der Waals surface area (Å²) < 4.78 is 0. The van der Waals surface area contributed by atoms with E-state index in [2.05, 4.69) is 16.4 Å². The zero-order chi connectivity index (χ0) is 22.1. The fourth-order valence-corrected chi connectivity index (χ4v) is 3.85. The molecule has 2 aromatic carbocycles. The first-order valence-electron chi connectivity index (χ1n) is 10.3. The van der Waals surface area contributed by atoms with Crippen molar-refractivity contribution in [1.29, 1.82) is 0 Å². The fraction of sp³-hybridized carbons (Fsp3) is 0.192. The first-order chi connectivity index (χ1) is 14.8. The van der Waals surface area contributed by atoms with E-state index in [4.69, 9.17) is 0 Å². The molecule has 1 aromatic heterocycles. The maximum atomic E-state index is 13.4. The third-order valence-corrected chi connectivity index (χ3v) is 5.50. The molecule has 1 N–H and O–H groups in total. The molecule has 3 aromatic rings. The highest BCUT2D eigenvalue weighted by molar-refractivity contribution is 6.36. The number of amides is 2. The second-order valence-electron chi connectivity index (χ2n) is 8.07. The van der Waals surface area contributed by atoms with E-state index < -0.39 is 0 Å². The Bertz CT molecular complexity index is 1190. The van der Waals surface area contributed by atoms with Crippen LogP contribution in [0, 0.1) is 27.7 Å². The summed E-state index contributed by atoms with van der Waals surface area (Å²) in [5, 5.41) is 3.25. The van der Waals surface area contributed by atoms with Crippen LogP contribution in [0.5, 0.6) is 0 Å². The largest absolute Gasteiger partial charge is 0.350 e. The minimum absolute atomic E-state index is 0.130. The third-order valence-electron chi connectivity index (χ3n) is 5.50. The van der Waals surface area contributed by atoms with Gasteiger partial charge in [0.25, 0.3) is 11.8 Å². The Hall–Kier alpha value is -3.73. The van der Waals surface area contributed by atoms with E-state index in [-0.39, 0.29) is 18.4 Å². The molecule has 0 aliphatic carbocycles. The molecule has 0 atom stereocenters. The van der Waals surface area contributed by atoms with Gasteiger partial charge in [0.1, 0.15) is 5.70 Å². The van der Waals surface area contributed by atoms with E-state index in [9.17, 15) is 9.59 Å². The molecule has 2 amide bonds. The predicted molar refractivity (Wildman–Crippen MR) is 122 cm³/mol. The molecule has 2 heterocycles. The van der Waals surface area contributed by atoms with Gasteiger partial charge in [0.2, 0.25) is 0 Å². The summed E-state index contributed by atoms with van der Waals surface area (Å²) in [5.41, 5.74) is 7.24. The molecular formula is C26H25N3O2. The molecule has 1 aliphatic rings. The molecule has 1 aliphatic heterocycles. The first-order valence-corrected chi connectivity index (χ1v) is 10.3. The van der Waals surface area contributed by atoms with Crippen molar-refractivity contribution in [1.82, 2.24) is 9.88 Å². The number of hydrogen-bond acceptors (Lipinski definition) is 4. The number of nitrogens with one attached hydrogen (secondary N) is 1. The Labute approximate surface area is 182 Å². The fourth-order valence-electron chi connectivity index (χ4n) is 3.85. The second kappa shape index (κ2) is 8.19. The monoisotopic (exact) mass is 411 g/mol. The van der Waals surface area contributed by atoms with E-state index in [1.807, 2.05) is 76.2 Å². The van der Waals surface area contributed by atoms with Crippen LogP contribution >= 0.6 is 0 Å². The van der Waals surface area contributed by atoms with Crippen LogP contribution in [-0.4, -0.2) is 21.7 Å². The first kappa shape index (κ1) is 20.5. The van der Waals surface area contributed by atoms with Crippen LogP contribution < -0.4 is 5.32 Å². The highest BCUT2D eigenvalue weighted by atomic mass is 16.2. The summed E-state index contributed by atoms with van der Waals surface area (Å²) in [6, 6.07) is 17.3. The number of pyridine rings is 1. The maximum absolute atomic E-state index is 13.4. The normalized spacial score (nSPS) is 13.9. The van der Waals surface area contributed by atoms with Gasteiger partial charge >= 0.3 is 0 Å². The average Bonchev–Trinajstić information content (AvgIpc) is 2.94. The van der Waals surface area contributed by atoms with Crippen LogP contribution in [0.4, 0.5) is 5.69 Å². The predicted octanol–water partition coefficient (Wildman–Crippen LogP) is 4.71. The zero-order valence-corrected chi connectivity index (χ0v) is 18.2. The summed E-state index contributed by atoms with van der Waals surface area (Å²) in [4.78, 5) is 32.4. The number of aryl methyl sites for hydroxylation is 4. The number of benzene rings is 2. The molecule has 0 saturated carbocycles. The molecule has 0 spiro atoms. The van der Waals surface area contributed by atoms with Crippen LogP contribution in [0.2, 0.25) is 0 Å². The van der Waals surface area contributed by atoms with Crippen molar-refractivity contribution in [3.05, 3.63) is 100 Å². The van der Waals surface area contributed by atoms with Gasteiger partial charge in [-0.25, -0.2) is 0 Å². The van der Waals surface area contributed by atoms with Gasteiger partial charge in [-0.05, 0) is 79.8 Å². The Morgan fingerprint density at radius 3 is 2.23 bits per heavy atom. The lowest BCUT2D eigenvalue weighted by Crippen LogP contribution is -2.32. The van der Waals surface area contributed by atoms with Gasteiger partial charge in [-0.2, -0.15) is 0 Å². The number of anilines is 1. The van der Waals surface area contributed by atoms with Crippen molar-refractivity contribution in [3.8, 4) is 0 Å². The zero-order valence-electron chi connectivity index (χ0n) is 18.2. The van der Waals surface area contributed by atoms with Crippen molar-refractivity contribution in [2.45, 2.75) is 34.2 Å². The molecule has 5 heteroatoms. The molecule has 5 nitrogen and oxygen atoms in total. The van der Waals surface area contributed by atoms with E-state index in [0.29, 0.717) is 17.0 Å². The second-order valence-corrected chi connectivity index (χ2v) is 8.07. The van der Waals surface area contributed by atoms with Gasteiger partial charge in [-0.3, -0.25) is 19.5 Å².